The molecule has 1 aliphatic rings. The predicted molar refractivity (Wildman–Crippen MR) is 72.1 cm³/mol. The highest BCUT2D eigenvalue weighted by atomic mass is 16.5. The maximum absolute atomic E-state index is 12.4. The molecule has 116 valence electrons. The molecule has 1 saturated heterocycles. The van der Waals surface area contributed by atoms with Gasteiger partial charge >= 0.3 is 5.97 Å². The summed E-state index contributed by atoms with van der Waals surface area (Å²) in [6.45, 7) is 1.99. The molecule has 3 heterocycles. The third-order valence-corrected chi connectivity index (χ3v) is 3.32. The summed E-state index contributed by atoms with van der Waals surface area (Å²) in [6, 6.07) is 4.85. The number of hydrogen-bond acceptors (Lipinski definition) is 6. The minimum atomic E-state index is -1.10. The summed E-state index contributed by atoms with van der Waals surface area (Å²) in [7, 11) is 0. The van der Waals surface area contributed by atoms with Gasteiger partial charge in [0.1, 0.15) is 0 Å². The Morgan fingerprint density at radius 3 is 2.86 bits per heavy atom. The lowest BCUT2D eigenvalue weighted by molar-refractivity contribution is -0.160. The lowest BCUT2D eigenvalue weighted by Gasteiger charge is -2.34. The van der Waals surface area contributed by atoms with Gasteiger partial charge < -0.3 is 23.7 Å². The van der Waals surface area contributed by atoms with Crippen molar-refractivity contribution in [3.8, 4) is 11.5 Å². The van der Waals surface area contributed by atoms with Crippen molar-refractivity contribution in [2.24, 2.45) is 0 Å². The van der Waals surface area contributed by atoms with Crippen LogP contribution < -0.4 is 0 Å². The zero-order valence-electron chi connectivity index (χ0n) is 11.8. The number of nitrogens with zero attached hydrogens (tertiary/aromatic N) is 2. The molecule has 2 atom stereocenters. The summed E-state index contributed by atoms with van der Waals surface area (Å²) < 4.78 is 15.5. The Kier molecular flexibility index (Phi) is 3.68. The molecule has 0 spiro atoms. The van der Waals surface area contributed by atoms with Crippen molar-refractivity contribution in [1.82, 2.24) is 10.1 Å². The first-order chi connectivity index (χ1) is 10.5. The van der Waals surface area contributed by atoms with Gasteiger partial charge in [0.2, 0.25) is 5.76 Å². The van der Waals surface area contributed by atoms with Gasteiger partial charge in [-0.05, 0) is 19.1 Å². The van der Waals surface area contributed by atoms with Crippen LogP contribution in [0.15, 0.2) is 33.4 Å². The molecule has 0 saturated carbocycles. The topological polar surface area (TPSA) is 106 Å². The van der Waals surface area contributed by atoms with E-state index in [4.69, 9.17) is 18.8 Å². The highest BCUT2D eigenvalue weighted by Gasteiger charge is 2.34. The number of ether oxygens (including phenoxy) is 1. The number of rotatable bonds is 3. The van der Waals surface area contributed by atoms with E-state index in [9.17, 15) is 9.59 Å². The lowest BCUT2D eigenvalue weighted by Crippen LogP contribution is -2.51. The first kappa shape index (κ1) is 14.3. The Labute approximate surface area is 125 Å². The van der Waals surface area contributed by atoms with Gasteiger partial charge in [-0.3, -0.25) is 4.79 Å². The standard InChI is InChI=1S/C14H14N2O6/c1-8-6-16(7-12(21-8)14(18)19)13(17)9-5-11(22-15-9)10-3-2-4-20-10/h2-5,8,12H,6-7H2,1H3,(H,18,19)/t8-,12?/m1/s1. The quantitative estimate of drug-likeness (QED) is 0.909. The first-order valence-corrected chi connectivity index (χ1v) is 6.72. The number of carboxylic acid groups (broad SMARTS) is 1. The fourth-order valence-electron chi connectivity index (χ4n) is 2.33. The van der Waals surface area contributed by atoms with Crippen molar-refractivity contribution in [3.63, 3.8) is 0 Å². The second kappa shape index (κ2) is 5.64. The third-order valence-electron chi connectivity index (χ3n) is 3.32. The SMILES string of the molecule is C[C@@H]1CN(C(=O)c2cc(-c3ccco3)on2)CC(C(=O)O)O1. The number of morpholine rings is 1. The fourth-order valence-corrected chi connectivity index (χ4v) is 2.33. The zero-order valence-corrected chi connectivity index (χ0v) is 11.8. The van der Waals surface area contributed by atoms with Crippen LogP contribution >= 0.6 is 0 Å². The Morgan fingerprint density at radius 1 is 1.36 bits per heavy atom. The number of carboxylic acids is 1. The summed E-state index contributed by atoms with van der Waals surface area (Å²) in [5.41, 5.74) is 0.102. The van der Waals surface area contributed by atoms with E-state index in [1.165, 1.54) is 17.2 Å². The molecule has 8 heteroatoms. The Hall–Kier alpha value is -2.61. The number of carbonyl (C=O) groups excluding carboxylic acids is 1. The van der Waals surface area contributed by atoms with E-state index in [1.807, 2.05) is 0 Å². The second-order valence-corrected chi connectivity index (χ2v) is 5.04. The second-order valence-electron chi connectivity index (χ2n) is 5.04. The minimum Gasteiger partial charge on any atom is -0.479 e. The first-order valence-electron chi connectivity index (χ1n) is 6.72. The van der Waals surface area contributed by atoms with Crippen LogP contribution in [-0.2, 0) is 9.53 Å². The maximum Gasteiger partial charge on any atom is 0.334 e. The Morgan fingerprint density at radius 2 is 2.18 bits per heavy atom. The molecule has 1 fully saturated rings. The number of aliphatic carboxylic acids is 1. The molecule has 1 aliphatic heterocycles. The van der Waals surface area contributed by atoms with Crippen molar-refractivity contribution in [2.45, 2.75) is 19.1 Å². The molecular weight excluding hydrogens is 292 g/mol. The van der Waals surface area contributed by atoms with Crippen LogP contribution in [0.3, 0.4) is 0 Å². The van der Waals surface area contributed by atoms with Gasteiger partial charge in [-0.25, -0.2) is 4.79 Å². The number of hydrogen-bond donors (Lipinski definition) is 1. The average molecular weight is 306 g/mol. The molecule has 1 amide bonds. The van der Waals surface area contributed by atoms with Crippen molar-refractivity contribution in [3.05, 3.63) is 30.2 Å². The summed E-state index contributed by atoms with van der Waals surface area (Å²) in [4.78, 5) is 24.9. The average Bonchev–Trinajstić information content (AvgIpc) is 3.16. The van der Waals surface area contributed by atoms with Crippen LogP contribution in [0.4, 0.5) is 0 Å². The van der Waals surface area contributed by atoms with E-state index in [0.29, 0.717) is 18.1 Å². The molecule has 22 heavy (non-hydrogen) atoms. The van der Waals surface area contributed by atoms with E-state index >= 15 is 0 Å². The monoisotopic (exact) mass is 306 g/mol. The highest BCUT2D eigenvalue weighted by Crippen LogP contribution is 2.22. The minimum absolute atomic E-state index is 0.0263. The number of carbonyl (C=O) groups is 2. The molecule has 0 aromatic carbocycles. The predicted octanol–water partition coefficient (Wildman–Crippen LogP) is 1.25. The zero-order chi connectivity index (χ0) is 15.7. The highest BCUT2D eigenvalue weighted by molar-refractivity contribution is 5.93. The van der Waals surface area contributed by atoms with E-state index < -0.39 is 18.0 Å². The lowest BCUT2D eigenvalue weighted by atomic mass is 10.2. The molecule has 3 rings (SSSR count). The van der Waals surface area contributed by atoms with E-state index in [1.54, 1.807) is 19.1 Å². The van der Waals surface area contributed by atoms with Crippen LogP contribution in [-0.4, -0.2) is 52.3 Å². The molecular formula is C14H14N2O6. The fraction of sp³-hybridized carbons (Fsp3) is 0.357. The Balaban J connectivity index is 1.77. The normalized spacial score (nSPS) is 21.8. The van der Waals surface area contributed by atoms with Crippen LogP contribution in [0.5, 0.6) is 0 Å². The van der Waals surface area contributed by atoms with Crippen LogP contribution in [0.25, 0.3) is 11.5 Å². The molecule has 1 unspecified atom stereocenters. The number of aromatic nitrogens is 1. The molecule has 0 bridgehead atoms. The van der Waals surface area contributed by atoms with Gasteiger partial charge in [-0.1, -0.05) is 5.16 Å². The van der Waals surface area contributed by atoms with Gasteiger partial charge in [-0.15, -0.1) is 0 Å². The van der Waals surface area contributed by atoms with Crippen LogP contribution in [0, 0.1) is 0 Å². The molecule has 2 aromatic heterocycles. The van der Waals surface area contributed by atoms with Gasteiger partial charge in [0.15, 0.2) is 17.6 Å². The van der Waals surface area contributed by atoms with E-state index in [-0.39, 0.29) is 18.3 Å². The number of amides is 1. The van der Waals surface area contributed by atoms with Gasteiger partial charge in [0.25, 0.3) is 5.91 Å². The third kappa shape index (κ3) is 2.73. The van der Waals surface area contributed by atoms with Crippen molar-refractivity contribution in [2.75, 3.05) is 13.1 Å². The van der Waals surface area contributed by atoms with Crippen molar-refractivity contribution in [1.29, 1.82) is 0 Å². The molecule has 0 aliphatic carbocycles. The van der Waals surface area contributed by atoms with Crippen LogP contribution in [0.1, 0.15) is 17.4 Å². The largest absolute Gasteiger partial charge is 0.479 e. The van der Waals surface area contributed by atoms with Gasteiger partial charge in [0, 0.05) is 12.6 Å². The van der Waals surface area contributed by atoms with Crippen LogP contribution in [0.2, 0.25) is 0 Å². The van der Waals surface area contributed by atoms with Gasteiger partial charge in [-0.2, -0.15) is 0 Å². The maximum atomic E-state index is 12.4. The molecule has 8 nitrogen and oxygen atoms in total. The van der Waals surface area contributed by atoms with E-state index in [0.717, 1.165) is 0 Å². The molecule has 2 aromatic rings. The van der Waals surface area contributed by atoms with E-state index in [2.05, 4.69) is 5.16 Å². The molecule has 0 radical (unpaired) electrons. The summed E-state index contributed by atoms with van der Waals surface area (Å²) >= 11 is 0. The number of furan rings is 1. The smallest absolute Gasteiger partial charge is 0.334 e. The van der Waals surface area contributed by atoms with Gasteiger partial charge in [0.05, 0.1) is 18.9 Å². The van der Waals surface area contributed by atoms with Crippen molar-refractivity contribution >= 4 is 11.9 Å². The van der Waals surface area contributed by atoms with Crippen molar-refractivity contribution < 1.29 is 28.4 Å². The molecule has 1 N–H and O–H groups in total. The summed E-state index contributed by atoms with van der Waals surface area (Å²) in [5.74, 6) is -0.696. The summed E-state index contributed by atoms with van der Waals surface area (Å²) in [5, 5.41) is 12.8. The summed E-state index contributed by atoms with van der Waals surface area (Å²) in [6.07, 6.45) is 0.0832. The Bertz CT molecular complexity index is 677.